The normalized spacial score (nSPS) is 10.8. The lowest BCUT2D eigenvalue weighted by molar-refractivity contribution is -0.114. The third-order valence-corrected chi connectivity index (χ3v) is 3.61. The van der Waals surface area contributed by atoms with Crippen LogP contribution < -0.4 is 10.6 Å². The summed E-state index contributed by atoms with van der Waals surface area (Å²) in [5.74, 6) is 0.243. The van der Waals surface area contributed by atoms with Crippen LogP contribution in [0.1, 0.15) is 20.3 Å². The summed E-state index contributed by atoms with van der Waals surface area (Å²) in [7, 11) is 0. The first-order valence-electron chi connectivity index (χ1n) is 7.88. The third kappa shape index (κ3) is 3.37. The molecule has 0 bridgehead atoms. The van der Waals surface area contributed by atoms with Crippen molar-refractivity contribution >= 4 is 28.3 Å². The maximum atomic E-state index is 13.1. The fourth-order valence-corrected chi connectivity index (χ4v) is 2.50. The molecule has 6 heteroatoms. The van der Waals surface area contributed by atoms with E-state index in [9.17, 15) is 9.18 Å². The number of anilines is 2. The summed E-state index contributed by atoms with van der Waals surface area (Å²) in [4.78, 5) is 19.2. The average Bonchev–Trinajstić information content (AvgIpc) is 2.95. The Morgan fingerprint density at radius 3 is 2.62 bits per heavy atom. The van der Waals surface area contributed by atoms with Crippen LogP contribution in [0.15, 0.2) is 36.4 Å². The van der Waals surface area contributed by atoms with Crippen LogP contribution in [0.3, 0.4) is 0 Å². The van der Waals surface area contributed by atoms with Crippen molar-refractivity contribution in [1.82, 2.24) is 9.97 Å². The highest BCUT2D eigenvalue weighted by atomic mass is 19.1. The molecule has 0 saturated carbocycles. The van der Waals surface area contributed by atoms with Crippen molar-refractivity contribution in [2.75, 3.05) is 17.2 Å². The molecule has 1 heterocycles. The standard InChI is InChI=1S/C18H19FN4O/c1-3-8-20-14-9-16-17(10-15(14)21-11(2)24)23-18(22-16)12-4-6-13(19)7-5-12/h4-7,9-10,20H,3,8H2,1-2H3,(H,21,24)(H,22,23). The minimum absolute atomic E-state index is 0.132. The fourth-order valence-electron chi connectivity index (χ4n) is 2.50. The van der Waals surface area contributed by atoms with Crippen LogP contribution in [-0.4, -0.2) is 22.4 Å². The van der Waals surface area contributed by atoms with Gasteiger partial charge in [-0.25, -0.2) is 9.37 Å². The van der Waals surface area contributed by atoms with Crippen molar-refractivity contribution in [3.63, 3.8) is 0 Å². The van der Waals surface area contributed by atoms with Crippen LogP contribution in [0.2, 0.25) is 0 Å². The van der Waals surface area contributed by atoms with Gasteiger partial charge in [-0.3, -0.25) is 4.79 Å². The van der Waals surface area contributed by atoms with Gasteiger partial charge in [0, 0.05) is 19.0 Å². The number of hydrogen-bond acceptors (Lipinski definition) is 3. The highest BCUT2D eigenvalue weighted by Crippen LogP contribution is 2.29. The number of halogens is 1. The number of imidazole rings is 1. The Balaban J connectivity index is 2.04. The van der Waals surface area contributed by atoms with E-state index in [0.717, 1.165) is 35.2 Å². The van der Waals surface area contributed by atoms with E-state index in [0.29, 0.717) is 11.5 Å². The van der Waals surface area contributed by atoms with Gasteiger partial charge in [0.15, 0.2) is 0 Å². The summed E-state index contributed by atoms with van der Waals surface area (Å²) in [6.07, 6.45) is 0.971. The van der Waals surface area contributed by atoms with Gasteiger partial charge in [0.2, 0.25) is 5.91 Å². The maximum absolute atomic E-state index is 13.1. The molecule has 0 saturated heterocycles. The van der Waals surface area contributed by atoms with Crippen LogP contribution in [0.4, 0.5) is 15.8 Å². The molecule has 3 rings (SSSR count). The lowest BCUT2D eigenvalue weighted by atomic mass is 10.2. The van der Waals surface area contributed by atoms with Gasteiger partial charge in [0.1, 0.15) is 11.6 Å². The summed E-state index contributed by atoms with van der Waals surface area (Å²) in [5.41, 5.74) is 3.92. The molecule has 0 aliphatic rings. The predicted octanol–water partition coefficient (Wildman–Crippen LogP) is 4.15. The van der Waals surface area contributed by atoms with E-state index >= 15 is 0 Å². The number of rotatable bonds is 5. The number of carbonyl (C=O) groups is 1. The van der Waals surface area contributed by atoms with Gasteiger partial charge in [0.25, 0.3) is 0 Å². The lowest BCUT2D eigenvalue weighted by Crippen LogP contribution is -2.10. The van der Waals surface area contributed by atoms with Gasteiger partial charge in [-0.15, -0.1) is 0 Å². The molecule has 1 amide bonds. The number of amides is 1. The molecule has 24 heavy (non-hydrogen) atoms. The number of H-pyrrole nitrogens is 1. The molecule has 0 radical (unpaired) electrons. The Morgan fingerprint density at radius 1 is 1.21 bits per heavy atom. The van der Waals surface area contributed by atoms with Crippen molar-refractivity contribution in [1.29, 1.82) is 0 Å². The number of benzene rings is 2. The molecule has 2 aromatic carbocycles. The fraction of sp³-hybridized carbons (Fsp3) is 0.222. The third-order valence-electron chi connectivity index (χ3n) is 3.61. The van der Waals surface area contributed by atoms with Gasteiger partial charge in [-0.1, -0.05) is 6.92 Å². The molecule has 124 valence electrons. The van der Waals surface area contributed by atoms with E-state index in [1.54, 1.807) is 12.1 Å². The van der Waals surface area contributed by atoms with E-state index in [2.05, 4.69) is 27.5 Å². The Hall–Kier alpha value is -2.89. The zero-order valence-corrected chi connectivity index (χ0v) is 13.6. The van der Waals surface area contributed by atoms with Crippen LogP contribution in [0, 0.1) is 5.82 Å². The largest absolute Gasteiger partial charge is 0.383 e. The summed E-state index contributed by atoms with van der Waals surface area (Å²) in [6.45, 7) is 4.35. The number of nitrogens with zero attached hydrogens (tertiary/aromatic N) is 1. The molecular weight excluding hydrogens is 307 g/mol. The molecule has 0 unspecified atom stereocenters. The summed E-state index contributed by atoms with van der Waals surface area (Å²) < 4.78 is 13.1. The second kappa shape index (κ2) is 6.70. The van der Waals surface area contributed by atoms with Crippen LogP contribution in [-0.2, 0) is 4.79 Å². The smallest absolute Gasteiger partial charge is 0.221 e. The molecule has 1 aromatic heterocycles. The molecule has 5 nitrogen and oxygen atoms in total. The SMILES string of the molecule is CCCNc1cc2nc(-c3ccc(F)cc3)[nH]c2cc1NC(C)=O. The maximum Gasteiger partial charge on any atom is 0.221 e. The van der Waals surface area contributed by atoms with Gasteiger partial charge in [-0.05, 0) is 42.8 Å². The summed E-state index contributed by atoms with van der Waals surface area (Å²) in [5, 5.41) is 6.13. The number of hydrogen-bond donors (Lipinski definition) is 3. The van der Waals surface area contributed by atoms with E-state index < -0.39 is 0 Å². The van der Waals surface area contributed by atoms with Gasteiger partial charge in [-0.2, -0.15) is 0 Å². The van der Waals surface area contributed by atoms with Gasteiger partial charge < -0.3 is 15.6 Å². The summed E-state index contributed by atoms with van der Waals surface area (Å²) in [6, 6.07) is 9.92. The van der Waals surface area contributed by atoms with E-state index in [4.69, 9.17) is 0 Å². The first-order valence-corrected chi connectivity index (χ1v) is 7.88. The van der Waals surface area contributed by atoms with Crippen molar-refractivity contribution in [3.05, 3.63) is 42.2 Å². The molecular formula is C18H19FN4O. The molecule has 0 atom stereocenters. The second-order valence-corrected chi connectivity index (χ2v) is 5.62. The topological polar surface area (TPSA) is 69.8 Å². The summed E-state index contributed by atoms with van der Waals surface area (Å²) >= 11 is 0. The zero-order valence-electron chi connectivity index (χ0n) is 13.6. The Labute approximate surface area is 139 Å². The molecule has 0 aliphatic heterocycles. The van der Waals surface area contributed by atoms with Crippen LogP contribution in [0.25, 0.3) is 22.4 Å². The first kappa shape index (κ1) is 16.0. The van der Waals surface area contributed by atoms with E-state index in [1.807, 2.05) is 12.1 Å². The van der Waals surface area contributed by atoms with Gasteiger partial charge in [0.05, 0.1) is 22.4 Å². The Morgan fingerprint density at radius 2 is 1.96 bits per heavy atom. The minimum Gasteiger partial charge on any atom is -0.383 e. The lowest BCUT2D eigenvalue weighted by Gasteiger charge is -2.11. The molecule has 0 fully saturated rings. The average molecular weight is 326 g/mol. The van der Waals surface area contributed by atoms with Crippen molar-refractivity contribution in [2.24, 2.45) is 0 Å². The predicted molar refractivity (Wildman–Crippen MR) is 94.6 cm³/mol. The quantitative estimate of drug-likeness (QED) is 0.659. The molecule has 0 aliphatic carbocycles. The number of aromatic nitrogens is 2. The van der Waals surface area contributed by atoms with Crippen LogP contribution in [0.5, 0.6) is 0 Å². The minimum atomic E-state index is -0.283. The molecule has 0 spiro atoms. The molecule has 3 N–H and O–H groups in total. The Bertz CT molecular complexity index is 871. The van der Waals surface area contributed by atoms with Gasteiger partial charge >= 0.3 is 0 Å². The van der Waals surface area contributed by atoms with Crippen molar-refractivity contribution in [3.8, 4) is 11.4 Å². The van der Waals surface area contributed by atoms with Crippen LogP contribution >= 0.6 is 0 Å². The number of nitrogens with one attached hydrogen (secondary N) is 3. The first-order chi connectivity index (χ1) is 11.6. The number of fused-ring (bicyclic) bond motifs is 1. The highest BCUT2D eigenvalue weighted by Gasteiger charge is 2.11. The molecule has 3 aromatic rings. The van der Waals surface area contributed by atoms with E-state index in [1.165, 1.54) is 19.1 Å². The number of aromatic amines is 1. The Kier molecular flexibility index (Phi) is 4.46. The number of carbonyl (C=O) groups excluding carboxylic acids is 1. The zero-order chi connectivity index (χ0) is 17.1. The second-order valence-electron chi connectivity index (χ2n) is 5.62. The van der Waals surface area contributed by atoms with E-state index in [-0.39, 0.29) is 11.7 Å². The van der Waals surface area contributed by atoms with Crippen molar-refractivity contribution in [2.45, 2.75) is 20.3 Å². The monoisotopic (exact) mass is 326 g/mol. The highest BCUT2D eigenvalue weighted by molar-refractivity contribution is 5.97. The van der Waals surface area contributed by atoms with Crippen molar-refractivity contribution < 1.29 is 9.18 Å².